The molecular formula is C15H20F3NO3. The van der Waals surface area contributed by atoms with Crippen molar-refractivity contribution in [3.63, 3.8) is 0 Å². The van der Waals surface area contributed by atoms with Crippen LogP contribution in [0.2, 0.25) is 0 Å². The third kappa shape index (κ3) is 5.65. The molecule has 1 atom stereocenters. The lowest BCUT2D eigenvalue weighted by atomic mass is 10.0. The second kappa shape index (κ2) is 8.14. The Morgan fingerprint density at radius 1 is 1.27 bits per heavy atom. The van der Waals surface area contributed by atoms with Crippen LogP contribution in [0.5, 0.6) is 0 Å². The van der Waals surface area contributed by atoms with E-state index in [2.05, 4.69) is 10.1 Å². The fourth-order valence-electron chi connectivity index (χ4n) is 1.72. The number of halogens is 3. The molecular weight excluding hydrogens is 299 g/mol. The van der Waals surface area contributed by atoms with Gasteiger partial charge in [-0.15, -0.1) is 0 Å². The number of hydrogen-bond acceptors (Lipinski definition) is 4. The Labute approximate surface area is 127 Å². The number of carbonyl (C=O) groups excluding carboxylic acids is 1. The van der Waals surface area contributed by atoms with E-state index in [9.17, 15) is 23.1 Å². The molecule has 0 spiro atoms. The Kier molecular flexibility index (Phi) is 6.83. The minimum atomic E-state index is -4.90. The van der Waals surface area contributed by atoms with Gasteiger partial charge in [0, 0.05) is 19.5 Å². The van der Waals surface area contributed by atoms with E-state index in [1.807, 2.05) is 0 Å². The second-order valence-corrected chi connectivity index (χ2v) is 5.03. The first-order valence-corrected chi connectivity index (χ1v) is 6.98. The van der Waals surface area contributed by atoms with Gasteiger partial charge in [0.05, 0.1) is 0 Å². The van der Waals surface area contributed by atoms with E-state index in [-0.39, 0.29) is 13.0 Å². The summed E-state index contributed by atoms with van der Waals surface area (Å²) in [6, 6.07) is 8.82. The molecule has 0 aromatic heterocycles. The minimum absolute atomic E-state index is 0.0192. The van der Waals surface area contributed by atoms with Gasteiger partial charge >= 0.3 is 12.1 Å². The molecule has 1 aromatic rings. The monoisotopic (exact) mass is 319 g/mol. The molecule has 0 fully saturated rings. The molecule has 0 unspecified atom stereocenters. The molecule has 0 saturated carbocycles. The molecule has 1 aromatic carbocycles. The van der Waals surface area contributed by atoms with Crippen molar-refractivity contribution in [2.24, 2.45) is 0 Å². The Balaban J connectivity index is 2.58. The summed E-state index contributed by atoms with van der Waals surface area (Å²) in [5.41, 5.74) is -2.32. The van der Waals surface area contributed by atoms with Gasteiger partial charge in [0.15, 0.2) is 0 Å². The Bertz CT molecular complexity index is 465. The number of alkyl halides is 3. The van der Waals surface area contributed by atoms with Gasteiger partial charge in [0.25, 0.3) is 0 Å². The summed E-state index contributed by atoms with van der Waals surface area (Å²) in [6.07, 6.45) is -4.41. The molecule has 0 aliphatic carbocycles. The van der Waals surface area contributed by atoms with Crippen molar-refractivity contribution < 1.29 is 27.8 Å². The van der Waals surface area contributed by atoms with E-state index in [4.69, 9.17) is 0 Å². The second-order valence-electron chi connectivity index (χ2n) is 5.03. The standard InChI is InChI=1S/C15H20F3NO3/c1-2-6-13(20)22-11-14(21,15(16,17)18)10-19-9-12-7-4-3-5-8-12/h3-5,7-8,19,21H,2,6,9-11H2,1H3/t14-/m0/s1. The van der Waals surface area contributed by atoms with Crippen LogP contribution < -0.4 is 5.32 Å². The maximum absolute atomic E-state index is 13.0. The molecule has 0 radical (unpaired) electrons. The summed E-state index contributed by atoms with van der Waals surface area (Å²) in [7, 11) is 0. The zero-order valence-electron chi connectivity index (χ0n) is 12.3. The van der Waals surface area contributed by atoms with Crippen molar-refractivity contribution >= 4 is 5.97 Å². The Hall–Kier alpha value is -1.60. The molecule has 0 amide bonds. The Morgan fingerprint density at radius 2 is 1.91 bits per heavy atom. The van der Waals surface area contributed by atoms with E-state index >= 15 is 0 Å². The smallest absolute Gasteiger partial charge is 0.421 e. The molecule has 0 aliphatic heterocycles. The van der Waals surface area contributed by atoms with Crippen LogP contribution in [0.15, 0.2) is 30.3 Å². The summed E-state index contributed by atoms with van der Waals surface area (Å²) in [6.45, 7) is 0.00267. The van der Waals surface area contributed by atoms with Crippen molar-refractivity contribution in [2.75, 3.05) is 13.2 Å². The highest BCUT2D eigenvalue weighted by atomic mass is 19.4. The van der Waals surface area contributed by atoms with Gasteiger partial charge in [-0.2, -0.15) is 13.2 Å². The van der Waals surface area contributed by atoms with Gasteiger partial charge < -0.3 is 15.2 Å². The highest BCUT2D eigenvalue weighted by Gasteiger charge is 2.54. The average Bonchev–Trinajstić information content (AvgIpc) is 2.45. The van der Waals surface area contributed by atoms with Crippen molar-refractivity contribution in [2.45, 2.75) is 38.1 Å². The predicted octanol–water partition coefficient (Wildman–Crippen LogP) is 2.41. The van der Waals surface area contributed by atoms with E-state index < -0.39 is 30.9 Å². The number of carbonyl (C=O) groups is 1. The molecule has 22 heavy (non-hydrogen) atoms. The Morgan fingerprint density at radius 3 is 2.45 bits per heavy atom. The molecule has 0 bridgehead atoms. The van der Waals surface area contributed by atoms with Gasteiger partial charge in [-0.1, -0.05) is 37.3 Å². The first-order chi connectivity index (χ1) is 10.3. The molecule has 1 rings (SSSR count). The van der Waals surface area contributed by atoms with E-state index in [0.717, 1.165) is 5.56 Å². The lowest BCUT2D eigenvalue weighted by molar-refractivity contribution is -0.270. The van der Waals surface area contributed by atoms with Gasteiger partial charge in [0.1, 0.15) is 6.61 Å². The van der Waals surface area contributed by atoms with Gasteiger partial charge in [0.2, 0.25) is 5.60 Å². The van der Waals surface area contributed by atoms with E-state index in [1.54, 1.807) is 37.3 Å². The summed E-state index contributed by atoms with van der Waals surface area (Å²) in [4.78, 5) is 11.2. The minimum Gasteiger partial charge on any atom is -0.462 e. The zero-order chi connectivity index (χ0) is 16.6. The van der Waals surface area contributed by atoms with Crippen LogP contribution in [0.25, 0.3) is 0 Å². The predicted molar refractivity (Wildman–Crippen MR) is 75.0 cm³/mol. The third-order valence-electron chi connectivity index (χ3n) is 3.04. The van der Waals surface area contributed by atoms with Crippen LogP contribution in [0, 0.1) is 0 Å². The number of benzene rings is 1. The molecule has 124 valence electrons. The molecule has 0 heterocycles. The maximum Gasteiger partial charge on any atom is 0.421 e. The van der Waals surface area contributed by atoms with Crippen LogP contribution >= 0.6 is 0 Å². The largest absolute Gasteiger partial charge is 0.462 e. The highest BCUT2D eigenvalue weighted by molar-refractivity contribution is 5.69. The molecule has 2 N–H and O–H groups in total. The third-order valence-corrected chi connectivity index (χ3v) is 3.04. The zero-order valence-corrected chi connectivity index (χ0v) is 12.3. The normalized spacial score (nSPS) is 14.4. The van der Waals surface area contributed by atoms with Crippen LogP contribution in [0.3, 0.4) is 0 Å². The number of aliphatic hydroxyl groups is 1. The SMILES string of the molecule is CCCC(=O)OC[C@@](O)(CNCc1ccccc1)C(F)(F)F. The van der Waals surface area contributed by atoms with Crippen LogP contribution in [-0.4, -0.2) is 36.0 Å². The molecule has 4 nitrogen and oxygen atoms in total. The number of rotatable bonds is 8. The topological polar surface area (TPSA) is 58.6 Å². The van der Waals surface area contributed by atoms with Gasteiger partial charge in [-0.25, -0.2) is 0 Å². The lowest BCUT2D eigenvalue weighted by Crippen LogP contribution is -2.56. The summed E-state index contributed by atoms with van der Waals surface area (Å²) >= 11 is 0. The van der Waals surface area contributed by atoms with Crippen molar-refractivity contribution in [1.29, 1.82) is 0 Å². The first-order valence-electron chi connectivity index (χ1n) is 6.98. The number of nitrogens with one attached hydrogen (secondary N) is 1. The molecule has 0 aliphatic rings. The fraction of sp³-hybridized carbons (Fsp3) is 0.533. The number of hydrogen-bond donors (Lipinski definition) is 2. The van der Waals surface area contributed by atoms with Crippen molar-refractivity contribution in [1.82, 2.24) is 5.32 Å². The number of esters is 1. The summed E-state index contributed by atoms with van der Waals surface area (Å²) < 4.78 is 43.5. The first kappa shape index (κ1) is 18.4. The van der Waals surface area contributed by atoms with Crippen LogP contribution in [0.4, 0.5) is 13.2 Å². The van der Waals surface area contributed by atoms with Gasteiger partial charge in [-0.05, 0) is 12.0 Å². The van der Waals surface area contributed by atoms with Gasteiger partial charge in [-0.3, -0.25) is 4.79 Å². The summed E-state index contributed by atoms with van der Waals surface area (Å²) in [5.74, 6) is -0.756. The van der Waals surface area contributed by atoms with Crippen molar-refractivity contribution in [3.05, 3.63) is 35.9 Å². The lowest BCUT2D eigenvalue weighted by Gasteiger charge is -2.30. The molecule has 7 heteroatoms. The van der Waals surface area contributed by atoms with E-state index in [0.29, 0.717) is 6.42 Å². The average molecular weight is 319 g/mol. The number of ether oxygens (including phenoxy) is 1. The van der Waals surface area contributed by atoms with Crippen molar-refractivity contribution in [3.8, 4) is 0 Å². The maximum atomic E-state index is 13.0. The summed E-state index contributed by atoms with van der Waals surface area (Å²) in [5, 5.41) is 12.3. The quantitative estimate of drug-likeness (QED) is 0.723. The van der Waals surface area contributed by atoms with Crippen LogP contribution in [0.1, 0.15) is 25.3 Å². The van der Waals surface area contributed by atoms with Crippen LogP contribution in [-0.2, 0) is 16.1 Å². The fourth-order valence-corrected chi connectivity index (χ4v) is 1.72. The molecule has 0 saturated heterocycles. The highest BCUT2D eigenvalue weighted by Crippen LogP contribution is 2.30. The van der Waals surface area contributed by atoms with E-state index in [1.165, 1.54) is 0 Å².